The van der Waals surface area contributed by atoms with Crippen molar-refractivity contribution in [3.05, 3.63) is 48.1 Å². The second-order valence-corrected chi connectivity index (χ2v) is 4.16. The SMILES string of the molecule is C=CCCCC(Cc1ccc(F)c(F)c1)NC. The van der Waals surface area contributed by atoms with E-state index in [1.165, 1.54) is 12.1 Å². The number of likely N-dealkylation sites (N-methyl/N-ethyl adjacent to an activating group) is 1. The van der Waals surface area contributed by atoms with Gasteiger partial charge in [-0.15, -0.1) is 6.58 Å². The molecule has 1 aromatic carbocycles. The summed E-state index contributed by atoms with van der Waals surface area (Å²) in [6, 6.07) is 4.38. The number of nitrogens with one attached hydrogen (secondary N) is 1. The molecule has 3 heteroatoms. The molecule has 1 N–H and O–H groups in total. The van der Waals surface area contributed by atoms with Gasteiger partial charge in [-0.25, -0.2) is 8.78 Å². The number of allylic oxidation sites excluding steroid dienone is 1. The summed E-state index contributed by atoms with van der Waals surface area (Å²) in [4.78, 5) is 0. The summed E-state index contributed by atoms with van der Waals surface area (Å²) in [7, 11) is 1.89. The van der Waals surface area contributed by atoms with E-state index in [9.17, 15) is 8.78 Å². The molecule has 0 spiro atoms. The number of benzene rings is 1. The van der Waals surface area contributed by atoms with Crippen LogP contribution >= 0.6 is 0 Å². The van der Waals surface area contributed by atoms with E-state index in [-0.39, 0.29) is 0 Å². The first kappa shape index (κ1) is 13.8. The van der Waals surface area contributed by atoms with Crippen molar-refractivity contribution in [2.45, 2.75) is 31.7 Å². The molecule has 1 rings (SSSR count). The standard InChI is InChI=1S/C14H19F2N/c1-3-4-5-6-12(17-2)9-11-7-8-13(15)14(16)10-11/h3,7-8,10,12,17H,1,4-6,9H2,2H3. The van der Waals surface area contributed by atoms with Crippen LogP contribution in [0.15, 0.2) is 30.9 Å². The summed E-state index contributed by atoms with van der Waals surface area (Å²) < 4.78 is 25.8. The van der Waals surface area contributed by atoms with E-state index in [0.717, 1.165) is 24.8 Å². The van der Waals surface area contributed by atoms with Gasteiger partial charge in [0.1, 0.15) is 0 Å². The van der Waals surface area contributed by atoms with Crippen molar-refractivity contribution in [1.29, 1.82) is 0 Å². The van der Waals surface area contributed by atoms with Crippen molar-refractivity contribution in [3.63, 3.8) is 0 Å². The van der Waals surface area contributed by atoms with Crippen LogP contribution in [0.1, 0.15) is 24.8 Å². The summed E-state index contributed by atoms with van der Waals surface area (Å²) in [5.41, 5.74) is 0.821. The van der Waals surface area contributed by atoms with Gasteiger partial charge >= 0.3 is 0 Å². The van der Waals surface area contributed by atoms with E-state index in [4.69, 9.17) is 0 Å². The third kappa shape index (κ3) is 4.65. The summed E-state index contributed by atoms with van der Waals surface area (Å²) in [5, 5.41) is 3.19. The number of unbranched alkanes of at least 4 members (excludes halogenated alkanes) is 1. The predicted octanol–water partition coefficient (Wildman–Crippen LogP) is 3.45. The molecule has 0 fully saturated rings. The summed E-state index contributed by atoms with van der Waals surface area (Å²) in [5.74, 6) is -1.56. The van der Waals surface area contributed by atoms with Crippen molar-refractivity contribution in [2.75, 3.05) is 7.05 Å². The minimum Gasteiger partial charge on any atom is -0.317 e. The van der Waals surface area contributed by atoms with Crippen LogP contribution in [-0.4, -0.2) is 13.1 Å². The highest BCUT2D eigenvalue weighted by molar-refractivity contribution is 5.18. The monoisotopic (exact) mass is 239 g/mol. The fourth-order valence-corrected chi connectivity index (χ4v) is 1.81. The molecule has 0 aromatic heterocycles. The van der Waals surface area contributed by atoms with Crippen molar-refractivity contribution < 1.29 is 8.78 Å². The van der Waals surface area contributed by atoms with Crippen LogP contribution in [0.25, 0.3) is 0 Å². The van der Waals surface area contributed by atoms with Crippen molar-refractivity contribution in [2.24, 2.45) is 0 Å². The van der Waals surface area contributed by atoms with Crippen LogP contribution in [-0.2, 0) is 6.42 Å². The van der Waals surface area contributed by atoms with Gasteiger partial charge in [0.2, 0.25) is 0 Å². The fourth-order valence-electron chi connectivity index (χ4n) is 1.81. The zero-order valence-corrected chi connectivity index (χ0v) is 10.2. The van der Waals surface area contributed by atoms with Gasteiger partial charge in [-0.1, -0.05) is 12.1 Å². The van der Waals surface area contributed by atoms with E-state index in [1.54, 1.807) is 6.07 Å². The van der Waals surface area contributed by atoms with E-state index in [0.29, 0.717) is 12.5 Å². The fraction of sp³-hybridized carbons (Fsp3) is 0.429. The quantitative estimate of drug-likeness (QED) is 0.567. The molecule has 0 aliphatic rings. The van der Waals surface area contributed by atoms with E-state index in [1.807, 2.05) is 13.1 Å². The maximum Gasteiger partial charge on any atom is 0.159 e. The largest absolute Gasteiger partial charge is 0.317 e. The molecule has 0 saturated carbocycles. The van der Waals surface area contributed by atoms with Gasteiger partial charge in [-0.05, 0) is 50.4 Å². The summed E-state index contributed by atoms with van der Waals surface area (Å²) >= 11 is 0. The molecule has 94 valence electrons. The molecule has 0 saturated heterocycles. The average Bonchev–Trinajstić information content (AvgIpc) is 2.32. The van der Waals surface area contributed by atoms with Gasteiger partial charge < -0.3 is 5.32 Å². The van der Waals surface area contributed by atoms with Gasteiger partial charge in [-0.3, -0.25) is 0 Å². The average molecular weight is 239 g/mol. The first-order chi connectivity index (χ1) is 8.17. The smallest absolute Gasteiger partial charge is 0.159 e. The lowest BCUT2D eigenvalue weighted by Gasteiger charge is -2.15. The molecule has 17 heavy (non-hydrogen) atoms. The van der Waals surface area contributed by atoms with E-state index in [2.05, 4.69) is 11.9 Å². The van der Waals surface area contributed by atoms with Crippen LogP contribution in [0.5, 0.6) is 0 Å². The zero-order valence-electron chi connectivity index (χ0n) is 10.2. The lowest BCUT2D eigenvalue weighted by Crippen LogP contribution is -2.27. The molecule has 1 aromatic rings. The third-order valence-corrected chi connectivity index (χ3v) is 2.84. The molecule has 1 atom stereocenters. The first-order valence-electron chi connectivity index (χ1n) is 5.89. The summed E-state index contributed by atoms with van der Waals surface area (Å²) in [6.45, 7) is 3.68. The molecule has 1 nitrogen and oxygen atoms in total. The predicted molar refractivity (Wildman–Crippen MR) is 67.0 cm³/mol. The van der Waals surface area contributed by atoms with Crippen LogP contribution in [0.3, 0.4) is 0 Å². The maximum atomic E-state index is 13.0. The van der Waals surface area contributed by atoms with Gasteiger partial charge in [0, 0.05) is 6.04 Å². The van der Waals surface area contributed by atoms with Gasteiger partial charge in [0.15, 0.2) is 11.6 Å². The molecule has 0 heterocycles. The van der Waals surface area contributed by atoms with E-state index >= 15 is 0 Å². The zero-order chi connectivity index (χ0) is 12.7. The Labute approximate surface area is 102 Å². The lowest BCUT2D eigenvalue weighted by molar-refractivity contribution is 0.491. The van der Waals surface area contributed by atoms with Crippen molar-refractivity contribution >= 4 is 0 Å². The van der Waals surface area contributed by atoms with Gasteiger partial charge in [0.25, 0.3) is 0 Å². The third-order valence-electron chi connectivity index (χ3n) is 2.84. The first-order valence-corrected chi connectivity index (χ1v) is 5.89. The minimum atomic E-state index is -0.790. The van der Waals surface area contributed by atoms with E-state index < -0.39 is 11.6 Å². The second-order valence-electron chi connectivity index (χ2n) is 4.16. The van der Waals surface area contributed by atoms with Crippen molar-refractivity contribution in [3.8, 4) is 0 Å². The maximum absolute atomic E-state index is 13.0. The second kappa shape index (κ2) is 7.17. The molecule has 0 aliphatic heterocycles. The highest BCUT2D eigenvalue weighted by Gasteiger charge is 2.09. The summed E-state index contributed by atoms with van der Waals surface area (Å²) in [6.07, 6.45) is 5.64. The Morgan fingerprint density at radius 3 is 2.71 bits per heavy atom. The number of hydrogen-bond donors (Lipinski definition) is 1. The minimum absolute atomic E-state index is 0.291. The van der Waals surface area contributed by atoms with Crippen molar-refractivity contribution in [1.82, 2.24) is 5.32 Å². The van der Waals surface area contributed by atoms with Crippen LogP contribution in [0, 0.1) is 11.6 Å². The number of hydrogen-bond acceptors (Lipinski definition) is 1. The Morgan fingerprint density at radius 1 is 1.35 bits per heavy atom. The van der Waals surface area contributed by atoms with Gasteiger partial charge in [-0.2, -0.15) is 0 Å². The number of halogens is 2. The molecule has 1 unspecified atom stereocenters. The van der Waals surface area contributed by atoms with Crippen LogP contribution in [0.2, 0.25) is 0 Å². The highest BCUT2D eigenvalue weighted by atomic mass is 19.2. The molecule has 0 bridgehead atoms. The lowest BCUT2D eigenvalue weighted by atomic mass is 10.0. The van der Waals surface area contributed by atoms with Crippen LogP contribution < -0.4 is 5.32 Å². The Balaban J connectivity index is 2.54. The number of rotatable bonds is 7. The normalized spacial score (nSPS) is 12.4. The van der Waals surface area contributed by atoms with Crippen LogP contribution in [0.4, 0.5) is 8.78 Å². The Morgan fingerprint density at radius 2 is 2.12 bits per heavy atom. The molecule has 0 amide bonds. The molecular formula is C14H19F2N. The topological polar surface area (TPSA) is 12.0 Å². The van der Waals surface area contributed by atoms with Gasteiger partial charge in [0.05, 0.1) is 0 Å². The Hall–Kier alpha value is -1.22. The Bertz CT molecular complexity index is 363. The highest BCUT2D eigenvalue weighted by Crippen LogP contribution is 2.13. The Kier molecular flexibility index (Phi) is 5.84. The molecule has 0 radical (unpaired) electrons. The molecular weight excluding hydrogens is 220 g/mol. The molecule has 0 aliphatic carbocycles.